The molecule has 0 spiro atoms. The number of hydrazine groups is 1. The summed E-state index contributed by atoms with van der Waals surface area (Å²) in [6.07, 6.45) is 0.750. The van der Waals surface area contributed by atoms with Gasteiger partial charge in [0.1, 0.15) is 5.75 Å². The van der Waals surface area contributed by atoms with Crippen molar-refractivity contribution in [3.63, 3.8) is 0 Å². The molecule has 0 fully saturated rings. The lowest BCUT2D eigenvalue weighted by Gasteiger charge is -2.21. The van der Waals surface area contributed by atoms with Gasteiger partial charge in [-0.1, -0.05) is 32.0 Å². The second-order valence-electron chi connectivity index (χ2n) is 4.27. The number of ether oxygens (including phenoxy) is 1. The quantitative estimate of drug-likeness (QED) is 0.597. The van der Waals surface area contributed by atoms with Crippen LogP contribution in [0.5, 0.6) is 5.75 Å². The van der Waals surface area contributed by atoms with E-state index in [1.54, 1.807) is 18.2 Å². The summed E-state index contributed by atoms with van der Waals surface area (Å²) in [4.78, 5) is 0. The van der Waals surface area contributed by atoms with Crippen molar-refractivity contribution in [2.24, 2.45) is 11.8 Å². The van der Waals surface area contributed by atoms with Gasteiger partial charge in [0.2, 0.25) is 0 Å². The van der Waals surface area contributed by atoms with Gasteiger partial charge in [-0.25, -0.2) is 0 Å². The molecule has 0 saturated carbocycles. The normalized spacial score (nSPS) is 13.1. The highest BCUT2D eigenvalue weighted by atomic mass is 19.3. The minimum Gasteiger partial charge on any atom is -0.434 e. The van der Waals surface area contributed by atoms with Gasteiger partial charge in [-0.2, -0.15) is 8.78 Å². The first-order valence-corrected chi connectivity index (χ1v) is 5.54. The van der Waals surface area contributed by atoms with Crippen LogP contribution in [0, 0.1) is 5.92 Å². The Morgan fingerprint density at radius 2 is 1.94 bits per heavy atom. The standard InChI is InChI=1S/C12H18F2N2O/c1-8(2)7-10(16-15)9-5-3-4-6-11(9)17-12(13)14/h3-6,8,10,12,16H,7,15H2,1-2H3. The fourth-order valence-electron chi connectivity index (χ4n) is 1.73. The van der Waals surface area contributed by atoms with Gasteiger partial charge in [-0.05, 0) is 18.4 Å². The van der Waals surface area contributed by atoms with E-state index in [-0.39, 0.29) is 11.8 Å². The van der Waals surface area contributed by atoms with Crippen molar-refractivity contribution in [3.8, 4) is 5.75 Å². The summed E-state index contributed by atoms with van der Waals surface area (Å²) in [5, 5.41) is 0. The molecule has 0 saturated heterocycles. The lowest BCUT2D eigenvalue weighted by atomic mass is 9.97. The molecule has 0 aliphatic heterocycles. The summed E-state index contributed by atoms with van der Waals surface area (Å²) < 4.78 is 29.0. The Kier molecular flexibility index (Phi) is 5.31. The molecule has 0 amide bonds. The first-order valence-electron chi connectivity index (χ1n) is 5.54. The van der Waals surface area contributed by atoms with E-state index >= 15 is 0 Å². The predicted molar refractivity (Wildman–Crippen MR) is 62.6 cm³/mol. The van der Waals surface area contributed by atoms with Gasteiger partial charge >= 0.3 is 6.61 Å². The Hall–Kier alpha value is -1.20. The van der Waals surface area contributed by atoms with Crippen LogP contribution in [-0.4, -0.2) is 6.61 Å². The van der Waals surface area contributed by atoms with E-state index in [0.717, 1.165) is 6.42 Å². The third kappa shape index (κ3) is 4.28. The number of benzene rings is 1. The maximum Gasteiger partial charge on any atom is 0.387 e. The maximum atomic E-state index is 12.3. The minimum absolute atomic E-state index is 0.172. The zero-order chi connectivity index (χ0) is 12.8. The predicted octanol–water partition coefficient (Wildman–Crippen LogP) is 2.84. The Balaban J connectivity index is 2.93. The molecule has 0 aliphatic rings. The van der Waals surface area contributed by atoms with E-state index in [9.17, 15) is 8.78 Å². The molecule has 1 atom stereocenters. The topological polar surface area (TPSA) is 47.3 Å². The van der Waals surface area contributed by atoms with Gasteiger partial charge in [0.15, 0.2) is 0 Å². The average Bonchev–Trinajstić information content (AvgIpc) is 2.26. The lowest BCUT2D eigenvalue weighted by Crippen LogP contribution is -2.29. The van der Waals surface area contributed by atoms with E-state index < -0.39 is 6.61 Å². The van der Waals surface area contributed by atoms with Gasteiger partial charge in [0, 0.05) is 11.6 Å². The second-order valence-corrected chi connectivity index (χ2v) is 4.27. The van der Waals surface area contributed by atoms with E-state index in [4.69, 9.17) is 5.84 Å². The molecule has 5 heteroatoms. The van der Waals surface area contributed by atoms with Crippen molar-refractivity contribution >= 4 is 0 Å². The van der Waals surface area contributed by atoms with Crippen molar-refractivity contribution in [3.05, 3.63) is 29.8 Å². The summed E-state index contributed by atoms with van der Waals surface area (Å²) >= 11 is 0. The summed E-state index contributed by atoms with van der Waals surface area (Å²) in [7, 11) is 0. The minimum atomic E-state index is -2.83. The molecule has 17 heavy (non-hydrogen) atoms. The summed E-state index contributed by atoms with van der Waals surface area (Å²) in [6, 6.07) is 6.50. The number of nitrogens with one attached hydrogen (secondary N) is 1. The molecule has 3 nitrogen and oxygen atoms in total. The van der Waals surface area contributed by atoms with Crippen LogP contribution >= 0.6 is 0 Å². The number of rotatable bonds is 6. The van der Waals surface area contributed by atoms with Crippen molar-refractivity contribution in [2.75, 3.05) is 0 Å². The van der Waals surface area contributed by atoms with E-state index in [1.807, 2.05) is 13.8 Å². The SMILES string of the molecule is CC(C)CC(NN)c1ccccc1OC(F)F. The molecule has 0 bridgehead atoms. The second kappa shape index (κ2) is 6.51. The molecule has 0 aromatic heterocycles. The van der Waals surface area contributed by atoms with E-state index in [2.05, 4.69) is 10.2 Å². The number of hydrogen-bond acceptors (Lipinski definition) is 3. The molecule has 0 radical (unpaired) electrons. The van der Waals surface area contributed by atoms with Crippen molar-refractivity contribution in [1.29, 1.82) is 0 Å². The summed E-state index contributed by atoms with van der Waals surface area (Å²) in [5.41, 5.74) is 3.29. The molecule has 0 aliphatic carbocycles. The van der Waals surface area contributed by atoms with Gasteiger partial charge in [0.25, 0.3) is 0 Å². The zero-order valence-electron chi connectivity index (χ0n) is 9.99. The lowest BCUT2D eigenvalue weighted by molar-refractivity contribution is -0.0507. The Morgan fingerprint density at radius 1 is 1.29 bits per heavy atom. The van der Waals surface area contributed by atoms with Crippen LogP contribution in [0.15, 0.2) is 24.3 Å². The number of nitrogens with two attached hydrogens (primary N) is 1. The van der Waals surface area contributed by atoms with Gasteiger partial charge < -0.3 is 4.74 Å². The highest BCUT2D eigenvalue weighted by molar-refractivity contribution is 5.35. The molecule has 1 aromatic carbocycles. The van der Waals surface area contributed by atoms with Gasteiger partial charge in [-0.3, -0.25) is 11.3 Å². The number of para-hydroxylation sites is 1. The highest BCUT2D eigenvalue weighted by Crippen LogP contribution is 2.29. The number of alkyl halides is 2. The Labute approximate surface area is 99.9 Å². The average molecular weight is 244 g/mol. The smallest absolute Gasteiger partial charge is 0.387 e. The van der Waals surface area contributed by atoms with Crippen LogP contribution in [0.25, 0.3) is 0 Å². The van der Waals surface area contributed by atoms with Crippen molar-refractivity contribution in [2.45, 2.75) is 32.9 Å². The summed E-state index contributed by atoms with van der Waals surface area (Å²) in [5.74, 6) is 6.03. The van der Waals surface area contributed by atoms with Gasteiger partial charge in [0.05, 0.1) is 0 Å². The van der Waals surface area contributed by atoms with Crippen LogP contribution < -0.4 is 16.0 Å². The monoisotopic (exact) mass is 244 g/mol. The molecule has 0 heterocycles. The zero-order valence-corrected chi connectivity index (χ0v) is 9.99. The Morgan fingerprint density at radius 3 is 2.47 bits per heavy atom. The van der Waals surface area contributed by atoms with Gasteiger partial charge in [-0.15, -0.1) is 0 Å². The highest BCUT2D eigenvalue weighted by Gasteiger charge is 2.17. The van der Waals surface area contributed by atoms with Crippen LogP contribution in [0.3, 0.4) is 0 Å². The summed E-state index contributed by atoms with van der Waals surface area (Å²) in [6.45, 7) is 1.26. The van der Waals surface area contributed by atoms with Crippen LogP contribution in [0.4, 0.5) is 8.78 Å². The first-order chi connectivity index (χ1) is 8.04. The van der Waals surface area contributed by atoms with Crippen molar-refractivity contribution in [1.82, 2.24) is 5.43 Å². The van der Waals surface area contributed by atoms with Crippen LogP contribution in [0.2, 0.25) is 0 Å². The number of hydrogen-bond donors (Lipinski definition) is 2. The first kappa shape index (κ1) is 13.9. The Bertz CT molecular complexity index is 345. The maximum absolute atomic E-state index is 12.3. The molecule has 1 unspecified atom stereocenters. The van der Waals surface area contributed by atoms with E-state index in [1.165, 1.54) is 6.07 Å². The number of halogens is 2. The molecule has 96 valence electrons. The molecule has 3 N–H and O–H groups in total. The van der Waals surface area contributed by atoms with Crippen LogP contribution in [0.1, 0.15) is 31.9 Å². The van der Waals surface area contributed by atoms with Crippen molar-refractivity contribution < 1.29 is 13.5 Å². The molecular formula is C12H18F2N2O. The van der Waals surface area contributed by atoms with E-state index in [0.29, 0.717) is 11.5 Å². The third-order valence-corrected chi connectivity index (χ3v) is 2.42. The fourth-order valence-corrected chi connectivity index (χ4v) is 1.73. The van der Waals surface area contributed by atoms with Crippen LogP contribution in [-0.2, 0) is 0 Å². The fraction of sp³-hybridized carbons (Fsp3) is 0.500. The third-order valence-electron chi connectivity index (χ3n) is 2.42. The largest absolute Gasteiger partial charge is 0.434 e. The molecule has 1 rings (SSSR count). The molecule has 1 aromatic rings. The molecular weight excluding hydrogens is 226 g/mol.